The van der Waals surface area contributed by atoms with E-state index in [1.54, 1.807) is 6.07 Å². The molecule has 1 aliphatic carbocycles. The van der Waals surface area contributed by atoms with Crippen LogP contribution in [0.25, 0.3) is 22.0 Å². The van der Waals surface area contributed by atoms with Gasteiger partial charge < -0.3 is 5.11 Å². The van der Waals surface area contributed by atoms with Crippen molar-refractivity contribution in [1.82, 2.24) is 4.98 Å². The van der Waals surface area contributed by atoms with Crippen molar-refractivity contribution in [2.75, 3.05) is 0 Å². The van der Waals surface area contributed by atoms with Crippen molar-refractivity contribution in [1.29, 1.82) is 0 Å². The standard InChI is InChI=1S/C18H15NO/c1-18(2)13-8-5-9-14(20)15(13)17-16(18)12-7-4-3-6-11(12)10-19-17/h3-10,20H,1-2H3. The van der Waals surface area contributed by atoms with Gasteiger partial charge in [-0.25, -0.2) is 0 Å². The number of hydrogen-bond acceptors (Lipinski definition) is 2. The Kier molecular flexibility index (Phi) is 2.07. The van der Waals surface area contributed by atoms with E-state index < -0.39 is 0 Å². The molecule has 2 nitrogen and oxygen atoms in total. The number of rotatable bonds is 0. The van der Waals surface area contributed by atoms with E-state index in [0.29, 0.717) is 5.75 Å². The van der Waals surface area contributed by atoms with Gasteiger partial charge in [-0.3, -0.25) is 4.98 Å². The molecule has 0 saturated carbocycles. The Labute approximate surface area is 117 Å². The largest absolute Gasteiger partial charge is 0.507 e. The van der Waals surface area contributed by atoms with Crippen LogP contribution in [-0.2, 0) is 5.41 Å². The van der Waals surface area contributed by atoms with Gasteiger partial charge in [-0.2, -0.15) is 0 Å². The topological polar surface area (TPSA) is 33.1 Å². The molecule has 3 aromatic rings. The Bertz CT molecular complexity index is 849. The third-order valence-corrected chi connectivity index (χ3v) is 4.38. The second-order valence-corrected chi connectivity index (χ2v) is 5.89. The maximum atomic E-state index is 10.2. The van der Waals surface area contributed by atoms with E-state index in [1.807, 2.05) is 18.3 Å². The first-order valence-electron chi connectivity index (χ1n) is 6.82. The number of pyridine rings is 1. The van der Waals surface area contributed by atoms with Crippen molar-refractivity contribution in [3.8, 4) is 17.0 Å². The molecule has 1 N–H and O–H groups in total. The highest BCUT2D eigenvalue weighted by molar-refractivity contribution is 5.96. The van der Waals surface area contributed by atoms with E-state index in [-0.39, 0.29) is 5.41 Å². The predicted octanol–water partition coefficient (Wildman–Crippen LogP) is 4.25. The summed E-state index contributed by atoms with van der Waals surface area (Å²) in [7, 11) is 0. The van der Waals surface area contributed by atoms with Gasteiger partial charge in [0, 0.05) is 22.6 Å². The smallest absolute Gasteiger partial charge is 0.125 e. The third kappa shape index (κ3) is 1.26. The summed E-state index contributed by atoms with van der Waals surface area (Å²) >= 11 is 0. The number of fused-ring (bicyclic) bond motifs is 5. The average Bonchev–Trinajstić information content (AvgIpc) is 2.69. The first-order chi connectivity index (χ1) is 9.60. The fraction of sp³-hybridized carbons (Fsp3) is 0.167. The van der Waals surface area contributed by atoms with Gasteiger partial charge >= 0.3 is 0 Å². The molecule has 4 rings (SSSR count). The van der Waals surface area contributed by atoms with E-state index in [9.17, 15) is 5.11 Å². The summed E-state index contributed by atoms with van der Waals surface area (Å²) in [5.41, 5.74) is 4.03. The van der Waals surface area contributed by atoms with Crippen LogP contribution in [0.5, 0.6) is 5.75 Å². The maximum Gasteiger partial charge on any atom is 0.125 e. The van der Waals surface area contributed by atoms with Crippen LogP contribution in [0.15, 0.2) is 48.7 Å². The highest BCUT2D eigenvalue weighted by Gasteiger charge is 2.39. The zero-order valence-electron chi connectivity index (χ0n) is 11.5. The van der Waals surface area contributed by atoms with Crippen molar-refractivity contribution in [2.45, 2.75) is 19.3 Å². The van der Waals surface area contributed by atoms with Gasteiger partial charge in [0.2, 0.25) is 0 Å². The molecule has 1 aromatic heterocycles. The van der Waals surface area contributed by atoms with Crippen LogP contribution >= 0.6 is 0 Å². The second kappa shape index (κ2) is 3.60. The molecule has 2 heteroatoms. The first-order valence-corrected chi connectivity index (χ1v) is 6.82. The minimum atomic E-state index is -0.142. The summed E-state index contributed by atoms with van der Waals surface area (Å²) in [6, 6.07) is 14.0. The van der Waals surface area contributed by atoms with Gasteiger partial charge in [0.25, 0.3) is 0 Å². The molecule has 0 amide bonds. The van der Waals surface area contributed by atoms with Gasteiger partial charge in [-0.05, 0) is 22.6 Å². The van der Waals surface area contributed by atoms with Crippen LogP contribution in [0.4, 0.5) is 0 Å². The van der Waals surface area contributed by atoms with Gasteiger partial charge in [-0.15, -0.1) is 0 Å². The molecule has 0 fully saturated rings. The highest BCUT2D eigenvalue weighted by Crippen LogP contribution is 2.52. The van der Waals surface area contributed by atoms with Crippen molar-refractivity contribution in [3.63, 3.8) is 0 Å². The lowest BCUT2D eigenvalue weighted by Gasteiger charge is -2.22. The van der Waals surface area contributed by atoms with Crippen LogP contribution < -0.4 is 0 Å². The lowest BCUT2D eigenvalue weighted by molar-refractivity contribution is 0.476. The van der Waals surface area contributed by atoms with Crippen LogP contribution in [-0.4, -0.2) is 10.1 Å². The van der Waals surface area contributed by atoms with E-state index in [4.69, 9.17) is 0 Å². The van der Waals surface area contributed by atoms with E-state index >= 15 is 0 Å². The number of phenolic OH excluding ortho intramolecular Hbond substituents is 1. The molecule has 0 spiro atoms. The monoisotopic (exact) mass is 261 g/mol. The number of aromatic nitrogens is 1. The zero-order chi connectivity index (χ0) is 13.9. The molecule has 0 radical (unpaired) electrons. The van der Waals surface area contributed by atoms with Gasteiger partial charge in [-0.1, -0.05) is 50.2 Å². The fourth-order valence-electron chi connectivity index (χ4n) is 3.43. The van der Waals surface area contributed by atoms with Crippen molar-refractivity contribution < 1.29 is 5.11 Å². The van der Waals surface area contributed by atoms with Crippen LogP contribution in [0.1, 0.15) is 25.0 Å². The summed E-state index contributed by atoms with van der Waals surface area (Å²) in [5.74, 6) is 0.317. The molecule has 98 valence electrons. The van der Waals surface area contributed by atoms with Crippen LogP contribution in [0.2, 0.25) is 0 Å². The quantitative estimate of drug-likeness (QED) is 0.656. The van der Waals surface area contributed by atoms with E-state index in [1.165, 1.54) is 10.9 Å². The minimum absolute atomic E-state index is 0.142. The SMILES string of the molecule is CC1(C)c2cccc(O)c2-c2ncc3ccccc3c21. The Balaban J connectivity index is 2.22. The van der Waals surface area contributed by atoms with Crippen molar-refractivity contribution in [2.24, 2.45) is 0 Å². The van der Waals surface area contributed by atoms with Crippen molar-refractivity contribution >= 4 is 10.8 Å². The Morgan fingerprint density at radius 2 is 1.80 bits per heavy atom. The lowest BCUT2D eigenvalue weighted by atomic mass is 9.81. The van der Waals surface area contributed by atoms with E-state index in [0.717, 1.165) is 22.2 Å². The number of phenols is 1. The molecular formula is C18H15NO. The Morgan fingerprint density at radius 1 is 1.00 bits per heavy atom. The second-order valence-electron chi connectivity index (χ2n) is 5.89. The maximum absolute atomic E-state index is 10.2. The molecule has 1 heterocycles. The molecule has 0 atom stereocenters. The molecule has 0 aliphatic heterocycles. The predicted molar refractivity (Wildman–Crippen MR) is 81.0 cm³/mol. The Hall–Kier alpha value is -2.35. The molecule has 20 heavy (non-hydrogen) atoms. The molecule has 0 bridgehead atoms. The van der Waals surface area contributed by atoms with Crippen LogP contribution in [0, 0.1) is 0 Å². The summed E-state index contributed by atoms with van der Waals surface area (Å²) in [4.78, 5) is 4.63. The van der Waals surface area contributed by atoms with Crippen molar-refractivity contribution in [3.05, 3.63) is 59.8 Å². The first kappa shape index (κ1) is 11.5. The molecular weight excluding hydrogens is 246 g/mol. The molecule has 0 unspecified atom stereocenters. The fourth-order valence-corrected chi connectivity index (χ4v) is 3.43. The minimum Gasteiger partial charge on any atom is -0.507 e. The molecule has 1 aliphatic rings. The molecule has 0 saturated heterocycles. The summed E-state index contributed by atoms with van der Waals surface area (Å²) in [6.07, 6.45) is 1.89. The third-order valence-electron chi connectivity index (χ3n) is 4.38. The summed E-state index contributed by atoms with van der Waals surface area (Å²) in [6.45, 7) is 4.40. The Morgan fingerprint density at radius 3 is 2.65 bits per heavy atom. The van der Waals surface area contributed by atoms with Gasteiger partial charge in [0.05, 0.1) is 5.69 Å². The number of nitrogens with zero attached hydrogens (tertiary/aromatic N) is 1. The zero-order valence-corrected chi connectivity index (χ0v) is 11.5. The van der Waals surface area contributed by atoms with Gasteiger partial charge in [0.1, 0.15) is 5.75 Å². The number of hydrogen-bond donors (Lipinski definition) is 1. The summed E-state index contributed by atoms with van der Waals surface area (Å²) in [5, 5.41) is 12.6. The van der Waals surface area contributed by atoms with Gasteiger partial charge in [0.15, 0.2) is 0 Å². The lowest BCUT2D eigenvalue weighted by Crippen LogP contribution is -2.15. The number of benzene rings is 2. The highest BCUT2D eigenvalue weighted by atomic mass is 16.3. The molecule has 2 aromatic carbocycles. The number of aromatic hydroxyl groups is 1. The van der Waals surface area contributed by atoms with E-state index in [2.05, 4.69) is 43.1 Å². The summed E-state index contributed by atoms with van der Waals surface area (Å²) < 4.78 is 0. The average molecular weight is 261 g/mol. The normalized spacial score (nSPS) is 15.1. The van der Waals surface area contributed by atoms with Crippen LogP contribution in [0.3, 0.4) is 0 Å².